The van der Waals surface area contributed by atoms with Crippen molar-refractivity contribution in [2.45, 2.75) is 25.9 Å². The summed E-state index contributed by atoms with van der Waals surface area (Å²) in [6.07, 6.45) is 3.21. The molecule has 0 aliphatic carbocycles. The van der Waals surface area contributed by atoms with Crippen LogP contribution in [0.5, 0.6) is 0 Å². The van der Waals surface area contributed by atoms with Crippen molar-refractivity contribution in [1.29, 1.82) is 0 Å². The van der Waals surface area contributed by atoms with Crippen LogP contribution >= 0.6 is 0 Å². The predicted molar refractivity (Wildman–Crippen MR) is 52.3 cm³/mol. The van der Waals surface area contributed by atoms with Gasteiger partial charge in [-0.25, -0.2) is 0 Å². The van der Waals surface area contributed by atoms with E-state index in [2.05, 4.69) is 4.98 Å². The van der Waals surface area contributed by atoms with E-state index >= 15 is 0 Å². The first-order valence-electron chi connectivity index (χ1n) is 4.86. The lowest BCUT2D eigenvalue weighted by molar-refractivity contribution is 0.0642. The van der Waals surface area contributed by atoms with Crippen molar-refractivity contribution in [3.05, 3.63) is 29.6 Å². The van der Waals surface area contributed by atoms with Gasteiger partial charge >= 0.3 is 0 Å². The minimum absolute atomic E-state index is 0.0648. The van der Waals surface area contributed by atoms with Crippen molar-refractivity contribution in [2.24, 2.45) is 0 Å². The number of Topliss-reactive ketones (excluding diaryl/α,β-unsaturated/α-hetero) is 1. The van der Waals surface area contributed by atoms with Crippen molar-refractivity contribution < 1.29 is 9.53 Å². The maximum atomic E-state index is 11.8. The third kappa shape index (κ3) is 1.82. The zero-order valence-electron chi connectivity index (χ0n) is 8.19. The zero-order chi connectivity index (χ0) is 9.97. The first-order valence-corrected chi connectivity index (χ1v) is 4.86. The molecule has 2 heterocycles. The van der Waals surface area contributed by atoms with Crippen molar-refractivity contribution in [2.75, 3.05) is 6.61 Å². The fourth-order valence-electron chi connectivity index (χ4n) is 1.58. The fourth-order valence-corrected chi connectivity index (χ4v) is 1.58. The summed E-state index contributed by atoms with van der Waals surface area (Å²) in [5, 5.41) is 0. The molecular formula is C11H13NO2. The monoisotopic (exact) mass is 191 g/mol. The molecule has 1 saturated heterocycles. The first kappa shape index (κ1) is 9.34. The van der Waals surface area contributed by atoms with Crippen LogP contribution in [0.3, 0.4) is 0 Å². The fraction of sp³-hybridized carbons (Fsp3) is 0.455. The number of ether oxygens (including phenoxy) is 1. The highest BCUT2D eigenvalue weighted by Crippen LogP contribution is 2.16. The number of nitrogens with zero attached hydrogens (tertiary/aromatic N) is 1. The third-order valence-corrected chi connectivity index (χ3v) is 2.42. The Morgan fingerprint density at radius 1 is 1.57 bits per heavy atom. The SMILES string of the molecule is Cc1ccc(C(=O)C2CCCO2)cn1. The zero-order valence-corrected chi connectivity index (χ0v) is 8.19. The lowest BCUT2D eigenvalue weighted by Crippen LogP contribution is -2.19. The second-order valence-electron chi connectivity index (χ2n) is 3.55. The number of hydrogen-bond acceptors (Lipinski definition) is 3. The second kappa shape index (κ2) is 3.88. The molecule has 1 aromatic rings. The summed E-state index contributed by atoms with van der Waals surface area (Å²) in [6, 6.07) is 3.66. The molecule has 2 rings (SSSR count). The Kier molecular flexibility index (Phi) is 2.59. The van der Waals surface area contributed by atoms with Crippen LogP contribution in [0.2, 0.25) is 0 Å². The minimum atomic E-state index is -0.237. The Balaban J connectivity index is 2.14. The number of hydrogen-bond donors (Lipinski definition) is 0. The number of aryl methyl sites for hydroxylation is 1. The molecule has 0 N–H and O–H groups in total. The van der Waals surface area contributed by atoms with Gasteiger partial charge in [0.1, 0.15) is 6.10 Å². The number of aromatic nitrogens is 1. The van der Waals surface area contributed by atoms with Crippen molar-refractivity contribution in [1.82, 2.24) is 4.98 Å². The van der Waals surface area contributed by atoms with Crippen LogP contribution < -0.4 is 0 Å². The van der Waals surface area contributed by atoms with E-state index in [1.165, 1.54) is 0 Å². The lowest BCUT2D eigenvalue weighted by atomic mass is 10.1. The van der Waals surface area contributed by atoms with Crippen molar-refractivity contribution in [3.63, 3.8) is 0 Å². The summed E-state index contributed by atoms with van der Waals surface area (Å²) in [4.78, 5) is 15.9. The van der Waals surface area contributed by atoms with Crippen LogP contribution in [0.1, 0.15) is 28.9 Å². The Morgan fingerprint density at radius 2 is 2.43 bits per heavy atom. The van der Waals surface area contributed by atoms with Gasteiger partial charge in [0, 0.05) is 24.1 Å². The van der Waals surface area contributed by atoms with E-state index in [1.54, 1.807) is 6.20 Å². The molecule has 3 heteroatoms. The van der Waals surface area contributed by atoms with Crippen molar-refractivity contribution >= 4 is 5.78 Å². The van der Waals surface area contributed by atoms with Gasteiger partial charge in [0.2, 0.25) is 0 Å². The highest BCUT2D eigenvalue weighted by Gasteiger charge is 2.24. The van der Waals surface area contributed by atoms with Gasteiger partial charge in [-0.15, -0.1) is 0 Å². The van der Waals surface area contributed by atoms with Gasteiger partial charge in [-0.2, -0.15) is 0 Å². The molecule has 0 aromatic carbocycles. The molecule has 0 spiro atoms. The number of ketones is 1. The van der Waals surface area contributed by atoms with Crippen molar-refractivity contribution in [3.8, 4) is 0 Å². The summed E-state index contributed by atoms with van der Waals surface area (Å²) in [6.45, 7) is 2.61. The molecule has 1 aliphatic rings. The normalized spacial score (nSPS) is 21.1. The van der Waals surface area contributed by atoms with Gasteiger partial charge in [-0.3, -0.25) is 9.78 Å². The standard InChI is InChI=1S/C11H13NO2/c1-8-4-5-9(7-12-8)11(13)10-3-2-6-14-10/h4-5,7,10H,2-3,6H2,1H3. The van der Waals surface area contributed by atoms with Crippen LogP contribution in [-0.2, 0) is 4.74 Å². The van der Waals surface area contributed by atoms with Crippen LogP contribution in [0.4, 0.5) is 0 Å². The molecular weight excluding hydrogens is 178 g/mol. The van der Waals surface area contributed by atoms with Gasteiger partial charge in [0.25, 0.3) is 0 Å². The van der Waals surface area contributed by atoms with Crippen LogP contribution in [0.25, 0.3) is 0 Å². The highest BCUT2D eigenvalue weighted by molar-refractivity contribution is 5.99. The number of rotatable bonds is 2. The predicted octanol–water partition coefficient (Wildman–Crippen LogP) is 1.75. The molecule has 14 heavy (non-hydrogen) atoms. The molecule has 1 aliphatic heterocycles. The Hall–Kier alpha value is -1.22. The summed E-state index contributed by atoms with van der Waals surface area (Å²) < 4.78 is 5.32. The van der Waals surface area contributed by atoms with Gasteiger partial charge in [-0.1, -0.05) is 0 Å². The molecule has 0 radical (unpaired) electrons. The Bertz CT molecular complexity index is 326. The van der Waals surface area contributed by atoms with E-state index in [9.17, 15) is 4.79 Å². The molecule has 74 valence electrons. The van der Waals surface area contributed by atoms with Gasteiger partial charge in [0.05, 0.1) is 0 Å². The maximum absolute atomic E-state index is 11.8. The van der Waals surface area contributed by atoms with Crippen LogP contribution in [0, 0.1) is 6.92 Å². The topological polar surface area (TPSA) is 39.2 Å². The average Bonchev–Trinajstić information content (AvgIpc) is 2.71. The van der Waals surface area contributed by atoms with Gasteiger partial charge in [0.15, 0.2) is 5.78 Å². The largest absolute Gasteiger partial charge is 0.370 e. The minimum Gasteiger partial charge on any atom is -0.370 e. The summed E-state index contributed by atoms with van der Waals surface area (Å²) in [5.41, 5.74) is 1.58. The molecule has 3 nitrogen and oxygen atoms in total. The van der Waals surface area contributed by atoms with Crippen LogP contribution in [0.15, 0.2) is 18.3 Å². The molecule has 1 atom stereocenters. The Labute approximate surface area is 83.1 Å². The van der Waals surface area contributed by atoms with Gasteiger partial charge < -0.3 is 4.74 Å². The molecule has 0 amide bonds. The van der Waals surface area contributed by atoms with E-state index in [-0.39, 0.29) is 11.9 Å². The Morgan fingerprint density at radius 3 is 3.00 bits per heavy atom. The summed E-state index contributed by atoms with van der Waals surface area (Å²) in [7, 11) is 0. The number of carbonyl (C=O) groups excluding carboxylic acids is 1. The average molecular weight is 191 g/mol. The van der Waals surface area contributed by atoms with Gasteiger partial charge in [-0.05, 0) is 31.9 Å². The number of pyridine rings is 1. The van der Waals surface area contributed by atoms with E-state index in [0.29, 0.717) is 12.2 Å². The molecule has 0 bridgehead atoms. The smallest absolute Gasteiger partial charge is 0.193 e. The summed E-state index contributed by atoms with van der Waals surface area (Å²) >= 11 is 0. The van der Waals surface area contributed by atoms with E-state index in [0.717, 1.165) is 18.5 Å². The number of carbonyl (C=O) groups is 1. The van der Waals surface area contributed by atoms with Crippen LogP contribution in [-0.4, -0.2) is 23.5 Å². The quantitative estimate of drug-likeness (QED) is 0.668. The molecule has 0 saturated carbocycles. The lowest BCUT2D eigenvalue weighted by Gasteiger charge is -2.07. The third-order valence-electron chi connectivity index (χ3n) is 2.42. The van der Waals surface area contributed by atoms with E-state index < -0.39 is 0 Å². The second-order valence-corrected chi connectivity index (χ2v) is 3.55. The summed E-state index contributed by atoms with van der Waals surface area (Å²) in [5.74, 6) is 0.0648. The van der Waals surface area contributed by atoms with E-state index in [4.69, 9.17) is 4.74 Å². The molecule has 1 fully saturated rings. The maximum Gasteiger partial charge on any atom is 0.193 e. The first-order chi connectivity index (χ1) is 6.77. The highest BCUT2D eigenvalue weighted by atomic mass is 16.5. The molecule has 1 aromatic heterocycles. The molecule has 1 unspecified atom stereocenters. The van der Waals surface area contributed by atoms with E-state index in [1.807, 2.05) is 19.1 Å².